The highest BCUT2D eigenvalue weighted by Crippen LogP contribution is 2.38. The molecule has 3 rings (SSSR count). The Bertz CT molecular complexity index is 390. The van der Waals surface area contributed by atoms with Crippen molar-refractivity contribution in [2.75, 3.05) is 13.2 Å². The minimum atomic E-state index is 0.365. The molecule has 2 nitrogen and oxygen atoms in total. The van der Waals surface area contributed by atoms with Crippen molar-refractivity contribution in [2.24, 2.45) is 0 Å². The summed E-state index contributed by atoms with van der Waals surface area (Å²) in [4.78, 5) is 0. The Labute approximate surface area is 90.2 Å². The van der Waals surface area contributed by atoms with Gasteiger partial charge in [-0.05, 0) is 35.6 Å². The summed E-state index contributed by atoms with van der Waals surface area (Å²) < 4.78 is 10.7. The van der Waals surface area contributed by atoms with Gasteiger partial charge in [-0.25, -0.2) is 0 Å². The maximum atomic E-state index is 5.38. The van der Waals surface area contributed by atoms with Crippen LogP contribution in [-0.4, -0.2) is 13.2 Å². The Hall–Kier alpha value is -0.860. The van der Waals surface area contributed by atoms with Gasteiger partial charge >= 0.3 is 0 Å². The largest absolute Gasteiger partial charge is 0.368 e. The molecule has 2 aliphatic heterocycles. The normalized spacial score (nSPS) is 27.9. The molecule has 2 atom stereocenters. The molecule has 1 aromatic rings. The molecule has 0 amide bonds. The topological polar surface area (TPSA) is 25.1 Å². The standard InChI is InChI=1S/C13H16O2/c1-3-9-5-10(12-6-14-12)8(2)4-11(9)13-7-15-13/h4-5,12-13H,3,6-7H2,1-2H3. The van der Waals surface area contributed by atoms with Crippen molar-refractivity contribution in [3.63, 3.8) is 0 Å². The fourth-order valence-electron chi connectivity index (χ4n) is 2.20. The maximum absolute atomic E-state index is 5.38. The monoisotopic (exact) mass is 204 g/mol. The first-order valence-corrected chi connectivity index (χ1v) is 5.66. The van der Waals surface area contributed by atoms with Crippen LogP contribution in [-0.2, 0) is 15.9 Å². The molecule has 0 N–H and O–H groups in total. The smallest absolute Gasteiger partial charge is 0.106 e. The molecule has 2 fully saturated rings. The Kier molecular flexibility index (Phi) is 2.08. The number of benzene rings is 1. The van der Waals surface area contributed by atoms with Crippen molar-refractivity contribution < 1.29 is 9.47 Å². The van der Waals surface area contributed by atoms with E-state index >= 15 is 0 Å². The number of aryl methyl sites for hydroxylation is 2. The van der Waals surface area contributed by atoms with Gasteiger partial charge in [0.1, 0.15) is 12.2 Å². The first-order chi connectivity index (χ1) is 7.29. The van der Waals surface area contributed by atoms with Crippen molar-refractivity contribution >= 4 is 0 Å². The van der Waals surface area contributed by atoms with Crippen molar-refractivity contribution in [1.29, 1.82) is 0 Å². The molecule has 0 spiro atoms. The van der Waals surface area contributed by atoms with Crippen LogP contribution in [0.5, 0.6) is 0 Å². The van der Waals surface area contributed by atoms with Gasteiger partial charge in [0.15, 0.2) is 0 Å². The molecule has 2 heteroatoms. The molecule has 2 unspecified atom stereocenters. The molecule has 1 aromatic carbocycles. The van der Waals surface area contributed by atoms with Crippen molar-refractivity contribution in [1.82, 2.24) is 0 Å². The Morgan fingerprint density at radius 1 is 1.13 bits per heavy atom. The van der Waals surface area contributed by atoms with Crippen LogP contribution in [0.2, 0.25) is 0 Å². The third-order valence-electron chi connectivity index (χ3n) is 3.27. The fourth-order valence-corrected chi connectivity index (χ4v) is 2.20. The summed E-state index contributed by atoms with van der Waals surface area (Å²) in [5.41, 5.74) is 5.53. The van der Waals surface area contributed by atoms with E-state index in [-0.39, 0.29) is 0 Å². The number of epoxide rings is 2. The minimum absolute atomic E-state index is 0.365. The summed E-state index contributed by atoms with van der Waals surface area (Å²) in [7, 11) is 0. The van der Waals surface area contributed by atoms with Gasteiger partial charge in [-0.3, -0.25) is 0 Å². The van der Waals surface area contributed by atoms with Gasteiger partial charge in [0, 0.05) is 0 Å². The predicted octanol–water partition coefficient (Wildman–Crippen LogP) is 2.70. The average molecular weight is 204 g/mol. The van der Waals surface area contributed by atoms with E-state index in [0.29, 0.717) is 12.2 Å². The first kappa shape index (κ1) is 9.37. The van der Waals surface area contributed by atoms with E-state index < -0.39 is 0 Å². The number of hydrogen-bond donors (Lipinski definition) is 0. The van der Waals surface area contributed by atoms with E-state index in [0.717, 1.165) is 19.6 Å². The van der Waals surface area contributed by atoms with Crippen LogP contribution in [0.15, 0.2) is 12.1 Å². The van der Waals surface area contributed by atoms with Gasteiger partial charge in [0.05, 0.1) is 13.2 Å². The lowest BCUT2D eigenvalue weighted by atomic mass is 9.94. The van der Waals surface area contributed by atoms with Crippen LogP contribution in [0.3, 0.4) is 0 Å². The second-order valence-corrected chi connectivity index (χ2v) is 4.41. The van der Waals surface area contributed by atoms with Crippen molar-refractivity contribution in [3.05, 3.63) is 34.4 Å². The van der Waals surface area contributed by atoms with Crippen LogP contribution in [0.1, 0.15) is 41.4 Å². The Morgan fingerprint density at radius 2 is 1.73 bits per heavy atom. The van der Waals surface area contributed by atoms with Crippen LogP contribution in [0.25, 0.3) is 0 Å². The third kappa shape index (κ3) is 1.68. The second-order valence-electron chi connectivity index (χ2n) is 4.41. The summed E-state index contributed by atoms with van der Waals surface area (Å²) in [6, 6.07) is 4.59. The van der Waals surface area contributed by atoms with E-state index in [2.05, 4.69) is 26.0 Å². The Balaban J connectivity index is 2.04. The Morgan fingerprint density at radius 3 is 2.27 bits per heavy atom. The lowest BCUT2D eigenvalue weighted by Gasteiger charge is -2.10. The fraction of sp³-hybridized carbons (Fsp3) is 0.538. The number of rotatable bonds is 3. The average Bonchev–Trinajstić information content (AvgIpc) is 3.09. The maximum Gasteiger partial charge on any atom is 0.106 e. The molecule has 0 aromatic heterocycles. The second kappa shape index (κ2) is 3.32. The highest BCUT2D eigenvalue weighted by molar-refractivity contribution is 5.42. The summed E-state index contributed by atoms with van der Waals surface area (Å²) in [6.45, 7) is 6.16. The SMILES string of the molecule is CCc1cc(C2CO2)c(C)cc1C1CO1. The van der Waals surface area contributed by atoms with Crippen molar-refractivity contribution in [2.45, 2.75) is 32.5 Å². The first-order valence-electron chi connectivity index (χ1n) is 5.66. The summed E-state index contributed by atoms with van der Waals surface area (Å²) >= 11 is 0. The lowest BCUT2D eigenvalue weighted by Crippen LogP contribution is -1.97. The minimum Gasteiger partial charge on any atom is -0.368 e. The van der Waals surface area contributed by atoms with Gasteiger partial charge in [-0.1, -0.05) is 19.1 Å². The van der Waals surface area contributed by atoms with E-state index in [4.69, 9.17) is 9.47 Å². The molecular formula is C13H16O2. The number of hydrogen-bond acceptors (Lipinski definition) is 2. The van der Waals surface area contributed by atoms with Gasteiger partial charge in [0.25, 0.3) is 0 Å². The predicted molar refractivity (Wildman–Crippen MR) is 57.9 cm³/mol. The molecule has 2 saturated heterocycles. The summed E-state index contributed by atoms with van der Waals surface area (Å²) in [6.07, 6.45) is 1.81. The summed E-state index contributed by atoms with van der Waals surface area (Å²) in [5, 5.41) is 0. The summed E-state index contributed by atoms with van der Waals surface area (Å²) in [5.74, 6) is 0. The van der Waals surface area contributed by atoms with Crippen LogP contribution in [0, 0.1) is 6.92 Å². The number of ether oxygens (including phenoxy) is 2. The molecule has 15 heavy (non-hydrogen) atoms. The molecule has 80 valence electrons. The van der Waals surface area contributed by atoms with E-state index in [1.807, 2.05) is 0 Å². The zero-order chi connectivity index (χ0) is 10.4. The van der Waals surface area contributed by atoms with Gasteiger partial charge in [0.2, 0.25) is 0 Å². The molecule has 2 heterocycles. The van der Waals surface area contributed by atoms with E-state index in [9.17, 15) is 0 Å². The zero-order valence-corrected chi connectivity index (χ0v) is 9.25. The van der Waals surface area contributed by atoms with Gasteiger partial charge in [-0.2, -0.15) is 0 Å². The van der Waals surface area contributed by atoms with E-state index in [1.165, 1.54) is 22.3 Å². The van der Waals surface area contributed by atoms with Gasteiger partial charge < -0.3 is 9.47 Å². The molecule has 0 bridgehead atoms. The molecule has 0 aliphatic carbocycles. The van der Waals surface area contributed by atoms with Crippen LogP contribution < -0.4 is 0 Å². The lowest BCUT2D eigenvalue weighted by molar-refractivity contribution is 0.411. The third-order valence-corrected chi connectivity index (χ3v) is 3.27. The van der Waals surface area contributed by atoms with Gasteiger partial charge in [-0.15, -0.1) is 0 Å². The zero-order valence-electron chi connectivity index (χ0n) is 9.25. The molecular weight excluding hydrogens is 188 g/mol. The highest BCUT2D eigenvalue weighted by atomic mass is 16.6. The van der Waals surface area contributed by atoms with Crippen molar-refractivity contribution in [3.8, 4) is 0 Å². The molecule has 2 aliphatic rings. The quantitative estimate of drug-likeness (QED) is 0.707. The molecule has 0 radical (unpaired) electrons. The van der Waals surface area contributed by atoms with E-state index in [1.54, 1.807) is 0 Å². The molecule has 0 saturated carbocycles. The van der Waals surface area contributed by atoms with Crippen LogP contribution in [0.4, 0.5) is 0 Å². The highest BCUT2D eigenvalue weighted by Gasteiger charge is 2.31. The van der Waals surface area contributed by atoms with Crippen LogP contribution >= 0.6 is 0 Å².